The molecule has 2 N–H and O–H groups in total. The van der Waals surface area contributed by atoms with Gasteiger partial charge in [0.05, 0.1) is 18.7 Å². The van der Waals surface area contributed by atoms with Gasteiger partial charge >= 0.3 is 0 Å². The summed E-state index contributed by atoms with van der Waals surface area (Å²) in [5, 5.41) is 13.0. The molecular formula is C23H30N2O3. The summed E-state index contributed by atoms with van der Waals surface area (Å²) in [6, 6.07) is 8.30. The van der Waals surface area contributed by atoms with Gasteiger partial charge in [-0.1, -0.05) is 37.3 Å². The quantitative estimate of drug-likeness (QED) is 0.762. The molecule has 5 heteroatoms. The molecule has 1 saturated carbocycles. The van der Waals surface area contributed by atoms with Crippen molar-refractivity contribution in [2.24, 2.45) is 5.92 Å². The predicted molar refractivity (Wildman–Crippen MR) is 109 cm³/mol. The summed E-state index contributed by atoms with van der Waals surface area (Å²) in [7, 11) is 0. The minimum absolute atomic E-state index is 0.00598. The van der Waals surface area contributed by atoms with Gasteiger partial charge in [0.1, 0.15) is 0 Å². The topological polar surface area (TPSA) is 69.6 Å². The third-order valence-corrected chi connectivity index (χ3v) is 6.45. The van der Waals surface area contributed by atoms with E-state index < -0.39 is 0 Å². The summed E-state index contributed by atoms with van der Waals surface area (Å²) in [6.07, 6.45) is 8.14. The highest BCUT2D eigenvalue weighted by Gasteiger charge is 2.53. The molecule has 0 radical (unpaired) electrons. The van der Waals surface area contributed by atoms with E-state index in [9.17, 15) is 14.7 Å². The third kappa shape index (κ3) is 3.60. The van der Waals surface area contributed by atoms with Crippen LogP contribution in [0.4, 0.5) is 0 Å². The second-order valence-corrected chi connectivity index (χ2v) is 8.26. The van der Waals surface area contributed by atoms with Crippen LogP contribution in [0, 0.1) is 5.92 Å². The van der Waals surface area contributed by atoms with E-state index in [1.807, 2.05) is 11.8 Å². The summed E-state index contributed by atoms with van der Waals surface area (Å²) in [5.74, 6) is 0.292. The molecule has 2 aliphatic carbocycles. The maximum atomic E-state index is 12.8. The molecular weight excluding hydrogens is 352 g/mol. The van der Waals surface area contributed by atoms with Gasteiger partial charge in [-0.2, -0.15) is 0 Å². The second-order valence-electron chi connectivity index (χ2n) is 8.26. The Kier molecular flexibility index (Phi) is 5.54. The first kappa shape index (κ1) is 19.2. The minimum Gasteiger partial charge on any atom is -0.394 e. The maximum Gasteiger partial charge on any atom is 0.226 e. The monoisotopic (exact) mass is 382 g/mol. The van der Waals surface area contributed by atoms with Crippen LogP contribution in [0.5, 0.6) is 0 Å². The third-order valence-electron chi connectivity index (χ3n) is 6.45. The zero-order valence-electron chi connectivity index (χ0n) is 16.6. The average molecular weight is 383 g/mol. The highest BCUT2D eigenvalue weighted by atomic mass is 16.3. The number of hydrogen-bond acceptors (Lipinski definition) is 3. The van der Waals surface area contributed by atoms with Gasteiger partial charge in [0.15, 0.2) is 0 Å². The van der Waals surface area contributed by atoms with Crippen LogP contribution in [0.2, 0.25) is 0 Å². The molecule has 1 saturated heterocycles. The van der Waals surface area contributed by atoms with Crippen LogP contribution in [0.25, 0.3) is 5.57 Å². The Hall–Kier alpha value is -2.14. The van der Waals surface area contributed by atoms with Crippen LogP contribution in [0.3, 0.4) is 0 Å². The van der Waals surface area contributed by atoms with Gasteiger partial charge in [-0.25, -0.2) is 0 Å². The number of carbonyl (C=O) groups is 2. The van der Waals surface area contributed by atoms with Crippen molar-refractivity contribution < 1.29 is 14.7 Å². The summed E-state index contributed by atoms with van der Waals surface area (Å²) >= 11 is 0. The van der Waals surface area contributed by atoms with Crippen LogP contribution in [0.15, 0.2) is 30.3 Å². The van der Waals surface area contributed by atoms with Crippen LogP contribution >= 0.6 is 0 Å². The lowest BCUT2D eigenvalue weighted by atomic mass is 9.74. The number of likely N-dealkylation sites (tertiary alicyclic amines) is 1. The Labute approximate surface area is 166 Å². The van der Waals surface area contributed by atoms with E-state index in [2.05, 4.69) is 35.7 Å². The molecule has 0 bridgehead atoms. The van der Waals surface area contributed by atoms with E-state index >= 15 is 0 Å². The Morgan fingerprint density at radius 1 is 1.18 bits per heavy atom. The molecule has 3 aliphatic rings. The first-order valence-corrected chi connectivity index (χ1v) is 10.6. The number of aliphatic hydroxyl groups is 1. The Balaban J connectivity index is 1.55. The highest BCUT2D eigenvalue weighted by Crippen LogP contribution is 2.44. The molecule has 1 aliphatic heterocycles. The van der Waals surface area contributed by atoms with Gasteiger partial charge in [-0.15, -0.1) is 0 Å². The van der Waals surface area contributed by atoms with E-state index in [0.717, 1.165) is 31.2 Å². The lowest BCUT2D eigenvalue weighted by molar-refractivity contribution is -0.152. The number of nitrogens with zero attached hydrogens (tertiary/aromatic N) is 1. The summed E-state index contributed by atoms with van der Waals surface area (Å²) in [6.45, 7) is 2.22. The van der Waals surface area contributed by atoms with E-state index in [-0.39, 0.29) is 42.3 Å². The molecule has 2 fully saturated rings. The van der Waals surface area contributed by atoms with Crippen molar-refractivity contribution in [3.63, 3.8) is 0 Å². The van der Waals surface area contributed by atoms with Crippen LogP contribution in [-0.2, 0) is 9.59 Å². The van der Waals surface area contributed by atoms with Gasteiger partial charge in [0.25, 0.3) is 0 Å². The van der Waals surface area contributed by atoms with Crippen molar-refractivity contribution in [2.75, 3.05) is 13.2 Å². The van der Waals surface area contributed by atoms with E-state index in [0.29, 0.717) is 13.0 Å². The fourth-order valence-electron chi connectivity index (χ4n) is 4.68. The first-order chi connectivity index (χ1) is 13.6. The van der Waals surface area contributed by atoms with E-state index in [4.69, 9.17) is 0 Å². The largest absolute Gasteiger partial charge is 0.394 e. The van der Waals surface area contributed by atoms with Gasteiger partial charge in [0, 0.05) is 24.8 Å². The summed E-state index contributed by atoms with van der Waals surface area (Å²) in [5.41, 5.74) is 3.82. The molecule has 3 atom stereocenters. The summed E-state index contributed by atoms with van der Waals surface area (Å²) in [4.78, 5) is 26.4. The zero-order chi connectivity index (χ0) is 19.7. The van der Waals surface area contributed by atoms with E-state index in [1.165, 1.54) is 17.6 Å². The number of hydrogen-bond donors (Lipinski definition) is 2. The van der Waals surface area contributed by atoms with Crippen molar-refractivity contribution in [1.82, 2.24) is 10.2 Å². The smallest absolute Gasteiger partial charge is 0.226 e. The van der Waals surface area contributed by atoms with Crippen LogP contribution in [0.1, 0.15) is 62.5 Å². The van der Waals surface area contributed by atoms with Gasteiger partial charge in [0.2, 0.25) is 11.8 Å². The Morgan fingerprint density at radius 2 is 1.93 bits per heavy atom. The summed E-state index contributed by atoms with van der Waals surface area (Å²) < 4.78 is 0. The number of aliphatic hydroxyl groups excluding tert-OH is 1. The molecule has 1 heterocycles. The predicted octanol–water partition coefficient (Wildman–Crippen LogP) is 2.85. The lowest BCUT2D eigenvalue weighted by Gasteiger charge is -2.55. The SMILES string of the molecule is CCC(=O)NC[C@@H]1[C@@H](c2ccc(C3=CCCC3)cc2)[C@@H](CO)N1C(=O)C1CC1. The lowest BCUT2D eigenvalue weighted by Crippen LogP contribution is -2.68. The molecule has 1 aromatic carbocycles. The molecule has 5 nitrogen and oxygen atoms in total. The molecule has 0 aromatic heterocycles. The molecule has 2 amide bonds. The van der Waals surface area contributed by atoms with Gasteiger partial charge in [-0.3, -0.25) is 9.59 Å². The Morgan fingerprint density at radius 3 is 2.50 bits per heavy atom. The van der Waals surface area contributed by atoms with Crippen molar-refractivity contribution >= 4 is 17.4 Å². The first-order valence-electron chi connectivity index (χ1n) is 10.6. The fourth-order valence-corrected chi connectivity index (χ4v) is 4.68. The number of rotatable bonds is 7. The number of amides is 2. The van der Waals surface area contributed by atoms with Gasteiger partial charge in [-0.05, 0) is 48.8 Å². The molecule has 150 valence electrons. The van der Waals surface area contributed by atoms with Gasteiger partial charge < -0.3 is 15.3 Å². The molecule has 4 rings (SSSR count). The highest BCUT2D eigenvalue weighted by molar-refractivity contribution is 5.83. The molecule has 0 unspecified atom stereocenters. The average Bonchev–Trinajstić information content (AvgIpc) is 3.42. The van der Waals surface area contributed by atoms with Crippen molar-refractivity contribution in [1.29, 1.82) is 0 Å². The van der Waals surface area contributed by atoms with Crippen molar-refractivity contribution in [3.8, 4) is 0 Å². The standard InChI is InChI=1S/C23H30N2O3/c1-2-21(27)24-13-19-22(20(14-26)25(19)23(28)18-11-12-18)17-9-7-16(8-10-17)15-5-3-4-6-15/h5,7-10,18-20,22,26H,2-4,6,11-14H2,1H3,(H,24,27)/t19-,20-,22-/m1/s1. The normalized spacial score (nSPS) is 26.6. The Bertz CT molecular complexity index is 767. The fraction of sp³-hybridized carbons (Fsp3) is 0.565. The second kappa shape index (κ2) is 8.08. The molecule has 1 aromatic rings. The number of allylic oxidation sites excluding steroid dienone is 2. The van der Waals surface area contributed by atoms with Crippen LogP contribution < -0.4 is 5.32 Å². The molecule has 28 heavy (non-hydrogen) atoms. The van der Waals surface area contributed by atoms with Crippen LogP contribution in [-0.4, -0.2) is 47.1 Å². The minimum atomic E-state index is -0.201. The van der Waals surface area contributed by atoms with Crippen molar-refractivity contribution in [3.05, 3.63) is 41.5 Å². The zero-order valence-corrected chi connectivity index (χ0v) is 16.6. The maximum absolute atomic E-state index is 12.8. The molecule has 0 spiro atoms. The number of nitrogens with one attached hydrogen (secondary N) is 1. The number of carbonyl (C=O) groups excluding carboxylic acids is 2. The van der Waals surface area contributed by atoms with Crippen molar-refractivity contribution in [2.45, 2.75) is 63.5 Å². The van der Waals surface area contributed by atoms with E-state index in [1.54, 1.807) is 0 Å². The number of benzene rings is 1.